The molecule has 1 aromatic carbocycles. The number of halogens is 2. The lowest BCUT2D eigenvalue weighted by Crippen LogP contribution is -2.52. The third-order valence-electron chi connectivity index (χ3n) is 5.76. The van der Waals surface area contributed by atoms with Crippen LogP contribution >= 0.6 is 46.9 Å². The van der Waals surface area contributed by atoms with Gasteiger partial charge in [-0.1, -0.05) is 41.9 Å². The Balaban J connectivity index is 0.00000256. The van der Waals surface area contributed by atoms with E-state index in [0.29, 0.717) is 5.92 Å². The third-order valence-corrected chi connectivity index (χ3v) is 6.97. The maximum absolute atomic E-state index is 6.06. The zero-order valence-electron chi connectivity index (χ0n) is 17.3. The van der Waals surface area contributed by atoms with Crippen molar-refractivity contribution in [3.8, 4) is 0 Å². The normalized spacial score (nSPS) is 22.7. The number of piperazine rings is 1. The summed E-state index contributed by atoms with van der Waals surface area (Å²) >= 11 is 7.73. The Hall–Kier alpha value is -0.870. The Morgan fingerprint density at radius 3 is 2.60 bits per heavy atom. The van der Waals surface area contributed by atoms with Crippen molar-refractivity contribution in [2.75, 3.05) is 46.4 Å². The SMILES string of the molecule is CN=C(NCC1CCOC1c1ccccc1)N1CCN(Cc2ccc(Cl)s2)CC1.I. The van der Waals surface area contributed by atoms with E-state index < -0.39 is 0 Å². The van der Waals surface area contributed by atoms with Gasteiger partial charge in [-0.25, -0.2) is 0 Å². The van der Waals surface area contributed by atoms with Gasteiger partial charge in [-0.3, -0.25) is 9.89 Å². The summed E-state index contributed by atoms with van der Waals surface area (Å²) in [6.07, 6.45) is 1.26. The first kappa shape index (κ1) is 23.8. The topological polar surface area (TPSA) is 40.1 Å². The largest absolute Gasteiger partial charge is 0.373 e. The highest BCUT2D eigenvalue weighted by Gasteiger charge is 2.30. The van der Waals surface area contributed by atoms with E-state index in [1.165, 1.54) is 10.4 Å². The fraction of sp³-hybridized carbons (Fsp3) is 0.500. The van der Waals surface area contributed by atoms with E-state index in [9.17, 15) is 0 Å². The summed E-state index contributed by atoms with van der Waals surface area (Å²) in [5.74, 6) is 1.47. The predicted molar refractivity (Wildman–Crippen MR) is 136 cm³/mol. The number of hydrogen-bond donors (Lipinski definition) is 1. The monoisotopic (exact) mass is 560 g/mol. The summed E-state index contributed by atoms with van der Waals surface area (Å²) in [4.78, 5) is 10.7. The van der Waals surface area contributed by atoms with Gasteiger partial charge >= 0.3 is 0 Å². The van der Waals surface area contributed by atoms with Crippen LogP contribution in [-0.2, 0) is 11.3 Å². The van der Waals surface area contributed by atoms with Gasteiger partial charge in [-0.15, -0.1) is 35.3 Å². The molecule has 2 atom stereocenters. The van der Waals surface area contributed by atoms with Crippen LogP contribution in [0.4, 0.5) is 0 Å². The molecule has 2 aliphatic heterocycles. The number of aliphatic imine (C=N–C) groups is 1. The lowest BCUT2D eigenvalue weighted by Gasteiger charge is -2.36. The number of guanidine groups is 1. The van der Waals surface area contributed by atoms with Crippen molar-refractivity contribution in [3.63, 3.8) is 0 Å². The Kier molecular flexibility index (Phi) is 9.25. The minimum atomic E-state index is 0. The summed E-state index contributed by atoms with van der Waals surface area (Å²) in [5.41, 5.74) is 1.27. The van der Waals surface area contributed by atoms with Crippen LogP contribution in [0.5, 0.6) is 0 Å². The van der Waals surface area contributed by atoms with Gasteiger partial charge in [0.1, 0.15) is 0 Å². The van der Waals surface area contributed by atoms with Gasteiger partial charge in [0.15, 0.2) is 5.96 Å². The first-order valence-corrected chi connectivity index (χ1v) is 11.5. The number of ether oxygens (including phenoxy) is 1. The number of nitrogens with one attached hydrogen (secondary N) is 1. The van der Waals surface area contributed by atoms with Crippen molar-refractivity contribution in [3.05, 3.63) is 57.2 Å². The van der Waals surface area contributed by atoms with Gasteiger partial charge in [0.05, 0.1) is 10.4 Å². The van der Waals surface area contributed by atoms with Crippen molar-refractivity contribution in [1.82, 2.24) is 15.1 Å². The van der Waals surface area contributed by atoms with Gasteiger partial charge in [0.2, 0.25) is 0 Å². The van der Waals surface area contributed by atoms with Crippen LogP contribution in [0.2, 0.25) is 4.34 Å². The van der Waals surface area contributed by atoms with Gasteiger partial charge in [-0.05, 0) is 24.1 Å². The summed E-state index contributed by atoms with van der Waals surface area (Å²) in [5, 5.41) is 3.61. The average Bonchev–Trinajstić information content (AvgIpc) is 3.39. The molecule has 2 saturated heterocycles. The summed E-state index contributed by atoms with van der Waals surface area (Å²) in [7, 11) is 1.88. The number of thiophene rings is 1. The lowest BCUT2D eigenvalue weighted by molar-refractivity contribution is 0.0912. The van der Waals surface area contributed by atoms with Crippen molar-refractivity contribution in [2.45, 2.75) is 19.1 Å². The molecule has 0 bridgehead atoms. The Morgan fingerprint density at radius 2 is 1.93 bits per heavy atom. The molecule has 3 heterocycles. The molecule has 164 valence electrons. The van der Waals surface area contributed by atoms with E-state index in [0.717, 1.165) is 62.6 Å². The third kappa shape index (κ3) is 6.09. The molecule has 0 aliphatic carbocycles. The van der Waals surface area contributed by atoms with Crippen molar-refractivity contribution < 1.29 is 4.74 Å². The quantitative estimate of drug-likeness (QED) is 0.332. The fourth-order valence-electron chi connectivity index (χ4n) is 4.18. The van der Waals surface area contributed by atoms with Crippen LogP contribution in [0.3, 0.4) is 0 Å². The minimum absolute atomic E-state index is 0. The number of rotatable bonds is 5. The summed E-state index contributed by atoms with van der Waals surface area (Å²) in [6.45, 7) is 6.75. The first-order chi connectivity index (χ1) is 14.2. The molecule has 30 heavy (non-hydrogen) atoms. The molecule has 1 aromatic heterocycles. The molecule has 4 rings (SSSR count). The molecule has 2 aromatic rings. The molecular formula is C22H30ClIN4OS. The molecule has 0 radical (unpaired) electrons. The lowest BCUT2D eigenvalue weighted by atomic mass is 9.95. The van der Waals surface area contributed by atoms with Crippen molar-refractivity contribution in [1.29, 1.82) is 0 Å². The van der Waals surface area contributed by atoms with Crippen LogP contribution in [0.25, 0.3) is 0 Å². The second kappa shape index (κ2) is 11.7. The molecular weight excluding hydrogens is 531 g/mol. The van der Waals surface area contributed by atoms with E-state index >= 15 is 0 Å². The maximum Gasteiger partial charge on any atom is 0.193 e. The molecule has 2 aliphatic rings. The fourth-order valence-corrected chi connectivity index (χ4v) is 5.31. The van der Waals surface area contributed by atoms with Crippen molar-refractivity contribution >= 4 is 52.9 Å². The number of nitrogens with zero attached hydrogens (tertiary/aromatic N) is 3. The highest BCUT2D eigenvalue weighted by Crippen LogP contribution is 2.33. The second-order valence-electron chi connectivity index (χ2n) is 7.65. The zero-order valence-corrected chi connectivity index (χ0v) is 21.2. The Bertz CT molecular complexity index is 810. The molecule has 8 heteroatoms. The summed E-state index contributed by atoms with van der Waals surface area (Å²) in [6, 6.07) is 14.7. The number of benzene rings is 1. The summed E-state index contributed by atoms with van der Waals surface area (Å²) < 4.78 is 6.90. The molecule has 2 unspecified atom stereocenters. The van der Waals surface area contributed by atoms with Gasteiger partial charge in [0.25, 0.3) is 0 Å². The standard InChI is InChI=1S/C22H29ClN4OS.HI/c1-24-22(25-15-18-9-14-28-21(18)17-5-3-2-4-6-17)27-12-10-26(11-13-27)16-19-7-8-20(23)29-19;/h2-8,18,21H,9-16H2,1H3,(H,24,25);1H. The van der Waals surface area contributed by atoms with Crippen LogP contribution < -0.4 is 5.32 Å². The molecule has 2 fully saturated rings. The molecule has 0 amide bonds. The van der Waals surface area contributed by atoms with E-state index in [-0.39, 0.29) is 30.1 Å². The van der Waals surface area contributed by atoms with E-state index in [1.54, 1.807) is 11.3 Å². The first-order valence-electron chi connectivity index (χ1n) is 10.3. The van der Waals surface area contributed by atoms with Crippen molar-refractivity contribution in [2.24, 2.45) is 10.9 Å². The highest BCUT2D eigenvalue weighted by molar-refractivity contribution is 14.0. The average molecular weight is 561 g/mol. The van der Waals surface area contributed by atoms with Crippen LogP contribution in [0, 0.1) is 5.92 Å². The zero-order chi connectivity index (χ0) is 20.1. The molecule has 5 nitrogen and oxygen atoms in total. The van der Waals surface area contributed by atoms with Gasteiger partial charge in [0, 0.05) is 63.7 Å². The number of hydrogen-bond acceptors (Lipinski definition) is 4. The molecule has 0 saturated carbocycles. The Labute approximate surface area is 205 Å². The maximum atomic E-state index is 6.06. The molecule has 1 N–H and O–H groups in total. The van der Waals surface area contributed by atoms with E-state index in [4.69, 9.17) is 16.3 Å². The van der Waals surface area contributed by atoms with Crippen LogP contribution in [0.1, 0.15) is 23.0 Å². The minimum Gasteiger partial charge on any atom is -0.373 e. The highest BCUT2D eigenvalue weighted by atomic mass is 127. The van der Waals surface area contributed by atoms with E-state index in [2.05, 4.69) is 56.5 Å². The molecule has 0 spiro atoms. The second-order valence-corrected chi connectivity index (χ2v) is 9.45. The predicted octanol–water partition coefficient (Wildman–Crippen LogP) is 4.49. The Morgan fingerprint density at radius 1 is 1.17 bits per heavy atom. The van der Waals surface area contributed by atoms with Crippen LogP contribution in [0.15, 0.2) is 47.5 Å². The van der Waals surface area contributed by atoms with Crippen LogP contribution in [-0.4, -0.2) is 62.1 Å². The van der Waals surface area contributed by atoms with Gasteiger partial charge < -0.3 is 15.0 Å². The smallest absolute Gasteiger partial charge is 0.193 e. The van der Waals surface area contributed by atoms with E-state index in [1.807, 2.05) is 13.1 Å². The van der Waals surface area contributed by atoms with Gasteiger partial charge in [-0.2, -0.15) is 0 Å².